The van der Waals surface area contributed by atoms with Crippen LogP contribution in [0.5, 0.6) is 0 Å². The Morgan fingerprint density at radius 3 is 2.62 bits per heavy atom. The van der Waals surface area contributed by atoms with E-state index in [1.54, 1.807) is 23.5 Å². The fraction of sp³-hybridized carbons (Fsp3) is 0.250. The third-order valence-corrected chi connectivity index (χ3v) is 3.48. The van der Waals surface area contributed by atoms with Gasteiger partial charge in [0.05, 0.1) is 10.6 Å². The molecule has 2 nitrogen and oxygen atoms in total. The number of halogens is 1. The third kappa shape index (κ3) is 2.28. The largest absolute Gasteiger partial charge is 0.314 e. The van der Waals surface area contributed by atoms with Gasteiger partial charge in [-0.1, -0.05) is 12.1 Å². The van der Waals surface area contributed by atoms with Gasteiger partial charge in [0.25, 0.3) is 0 Å². The number of nitrogens with one attached hydrogen (secondary N) is 1. The minimum Gasteiger partial charge on any atom is -0.314 e. The van der Waals surface area contributed by atoms with E-state index in [4.69, 9.17) is 0 Å². The maximum Gasteiger partial charge on any atom is 0.123 e. The topological polar surface area (TPSA) is 24.9 Å². The van der Waals surface area contributed by atoms with E-state index in [0.717, 1.165) is 27.7 Å². The summed E-state index contributed by atoms with van der Waals surface area (Å²) in [5.41, 5.74) is 2.03. The average molecular weight is 236 g/mol. The quantitative estimate of drug-likeness (QED) is 0.886. The molecule has 2 aromatic rings. The summed E-state index contributed by atoms with van der Waals surface area (Å²) in [6.07, 6.45) is 0. The first-order valence-electron chi connectivity index (χ1n) is 5.07. The van der Waals surface area contributed by atoms with E-state index in [1.807, 2.05) is 14.0 Å². The molecule has 0 saturated heterocycles. The molecule has 4 heteroatoms. The Hall–Kier alpha value is -1.26. The average Bonchev–Trinajstić information content (AvgIpc) is 2.61. The van der Waals surface area contributed by atoms with E-state index in [-0.39, 0.29) is 5.82 Å². The number of nitrogens with zero attached hydrogens (tertiary/aromatic N) is 1. The van der Waals surface area contributed by atoms with Crippen molar-refractivity contribution in [3.63, 3.8) is 0 Å². The van der Waals surface area contributed by atoms with E-state index < -0.39 is 0 Å². The minimum atomic E-state index is -0.207. The highest BCUT2D eigenvalue weighted by Crippen LogP contribution is 2.29. The van der Waals surface area contributed by atoms with Crippen LogP contribution in [0, 0.1) is 12.7 Å². The standard InChI is InChI=1S/C12H13FN2S/c1-8-12(16-11(15-8)7-14-2)9-3-5-10(13)6-4-9/h3-6,14H,7H2,1-2H3. The van der Waals surface area contributed by atoms with Gasteiger partial charge in [-0.05, 0) is 31.7 Å². The molecule has 0 fully saturated rings. The predicted molar refractivity (Wildman–Crippen MR) is 65.0 cm³/mol. The van der Waals surface area contributed by atoms with Crippen LogP contribution in [0.3, 0.4) is 0 Å². The Labute approximate surface area is 98.2 Å². The highest BCUT2D eigenvalue weighted by atomic mass is 32.1. The molecule has 1 N–H and O–H groups in total. The predicted octanol–water partition coefficient (Wildman–Crippen LogP) is 2.98. The lowest BCUT2D eigenvalue weighted by Crippen LogP contribution is -2.04. The van der Waals surface area contributed by atoms with Crippen LogP contribution < -0.4 is 5.32 Å². The van der Waals surface area contributed by atoms with E-state index in [9.17, 15) is 4.39 Å². The molecule has 0 spiro atoms. The normalized spacial score (nSPS) is 10.7. The summed E-state index contributed by atoms with van der Waals surface area (Å²) in [6.45, 7) is 2.75. The lowest BCUT2D eigenvalue weighted by molar-refractivity contribution is 0.628. The molecule has 0 unspecified atom stereocenters. The molecule has 16 heavy (non-hydrogen) atoms. The number of aryl methyl sites for hydroxylation is 1. The van der Waals surface area contributed by atoms with Gasteiger partial charge < -0.3 is 5.32 Å². The summed E-state index contributed by atoms with van der Waals surface area (Å²) in [5.74, 6) is -0.207. The molecule has 0 amide bonds. The molecule has 0 aliphatic rings. The van der Waals surface area contributed by atoms with Crippen molar-refractivity contribution in [2.24, 2.45) is 0 Å². The van der Waals surface area contributed by atoms with Gasteiger partial charge in [-0.2, -0.15) is 0 Å². The van der Waals surface area contributed by atoms with E-state index in [0.29, 0.717) is 0 Å². The Kier molecular flexibility index (Phi) is 3.31. The number of aromatic nitrogens is 1. The number of rotatable bonds is 3. The van der Waals surface area contributed by atoms with Gasteiger partial charge in [0, 0.05) is 6.54 Å². The number of thiazole rings is 1. The zero-order chi connectivity index (χ0) is 11.5. The second-order valence-corrected chi connectivity index (χ2v) is 4.64. The van der Waals surface area contributed by atoms with E-state index in [1.165, 1.54) is 12.1 Å². The Morgan fingerprint density at radius 1 is 1.31 bits per heavy atom. The van der Waals surface area contributed by atoms with E-state index in [2.05, 4.69) is 10.3 Å². The Morgan fingerprint density at radius 2 is 2.00 bits per heavy atom. The lowest BCUT2D eigenvalue weighted by atomic mass is 10.1. The van der Waals surface area contributed by atoms with Gasteiger partial charge in [0.1, 0.15) is 10.8 Å². The van der Waals surface area contributed by atoms with Gasteiger partial charge in [0.15, 0.2) is 0 Å². The SMILES string of the molecule is CNCc1nc(C)c(-c2ccc(F)cc2)s1. The fourth-order valence-corrected chi connectivity index (χ4v) is 2.63. The van der Waals surface area contributed by atoms with Crippen LogP contribution in [-0.4, -0.2) is 12.0 Å². The zero-order valence-electron chi connectivity index (χ0n) is 9.25. The van der Waals surface area contributed by atoms with Crippen LogP contribution >= 0.6 is 11.3 Å². The molecular weight excluding hydrogens is 223 g/mol. The molecular formula is C12H13FN2S. The molecule has 84 valence electrons. The van der Waals surface area contributed by atoms with Crippen LogP contribution in [0.4, 0.5) is 4.39 Å². The molecule has 1 heterocycles. The Balaban J connectivity index is 2.36. The number of hydrogen-bond acceptors (Lipinski definition) is 3. The van der Waals surface area contributed by atoms with E-state index >= 15 is 0 Å². The van der Waals surface area contributed by atoms with Crippen LogP contribution in [0.2, 0.25) is 0 Å². The summed E-state index contributed by atoms with van der Waals surface area (Å²) in [7, 11) is 1.90. The maximum atomic E-state index is 12.8. The summed E-state index contributed by atoms with van der Waals surface area (Å²) in [6, 6.07) is 6.54. The smallest absolute Gasteiger partial charge is 0.123 e. The molecule has 0 atom stereocenters. The monoisotopic (exact) mass is 236 g/mol. The summed E-state index contributed by atoms with van der Waals surface area (Å²) in [5, 5.41) is 4.13. The van der Waals surface area contributed by atoms with Crippen LogP contribution in [0.15, 0.2) is 24.3 Å². The van der Waals surface area contributed by atoms with Crippen molar-refractivity contribution in [3.05, 3.63) is 40.8 Å². The fourth-order valence-electron chi connectivity index (χ4n) is 1.55. The highest BCUT2D eigenvalue weighted by molar-refractivity contribution is 7.15. The van der Waals surface area contributed by atoms with Crippen molar-refractivity contribution in [3.8, 4) is 10.4 Å². The second-order valence-electron chi connectivity index (χ2n) is 3.56. The van der Waals surface area contributed by atoms with Gasteiger partial charge in [0.2, 0.25) is 0 Å². The minimum absolute atomic E-state index is 0.207. The van der Waals surface area contributed by atoms with Crippen molar-refractivity contribution in [2.75, 3.05) is 7.05 Å². The lowest BCUT2D eigenvalue weighted by Gasteiger charge is -1.97. The first kappa shape index (κ1) is 11.2. The summed E-state index contributed by atoms with van der Waals surface area (Å²) >= 11 is 1.65. The maximum absolute atomic E-state index is 12.8. The number of hydrogen-bond donors (Lipinski definition) is 1. The van der Waals surface area contributed by atoms with Crippen molar-refractivity contribution < 1.29 is 4.39 Å². The van der Waals surface area contributed by atoms with Crippen LogP contribution in [0.25, 0.3) is 10.4 Å². The molecule has 0 aliphatic carbocycles. The molecule has 0 bridgehead atoms. The summed E-state index contributed by atoms with van der Waals surface area (Å²) < 4.78 is 12.8. The van der Waals surface area contributed by atoms with Crippen molar-refractivity contribution >= 4 is 11.3 Å². The van der Waals surface area contributed by atoms with Crippen molar-refractivity contribution in [2.45, 2.75) is 13.5 Å². The first-order chi connectivity index (χ1) is 7.70. The first-order valence-corrected chi connectivity index (χ1v) is 5.89. The molecule has 1 aromatic heterocycles. The molecule has 0 aliphatic heterocycles. The molecule has 0 radical (unpaired) electrons. The molecule has 0 saturated carbocycles. The third-order valence-electron chi connectivity index (χ3n) is 2.28. The number of benzene rings is 1. The van der Waals surface area contributed by atoms with Crippen LogP contribution in [-0.2, 0) is 6.54 Å². The van der Waals surface area contributed by atoms with Crippen molar-refractivity contribution in [1.82, 2.24) is 10.3 Å². The second kappa shape index (κ2) is 4.72. The molecule has 2 rings (SSSR count). The molecule has 1 aromatic carbocycles. The van der Waals surface area contributed by atoms with Gasteiger partial charge in [-0.15, -0.1) is 11.3 Å². The zero-order valence-corrected chi connectivity index (χ0v) is 10.1. The van der Waals surface area contributed by atoms with Gasteiger partial charge >= 0.3 is 0 Å². The van der Waals surface area contributed by atoms with Crippen LogP contribution in [0.1, 0.15) is 10.7 Å². The highest BCUT2D eigenvalue weighted by Gasteiger charge is 2.08. The summed E-state index contributed by atoms with van der Waals surface area (Å²) in [4.78, 5) is 5.58. The Bertz CT molecular complexity index is 476. The van der Waals surface area contributed by atoms with Crippen molar-refractivity contribution in [1.29, 1.82) is 0 Å². The van der Waals surface area contributed by atoms with Gasteiger partial charge in [-0.3, -0.25) is 0 Å². The van der Waals surface area contributed by atoms with Gasteiger partial charge in [-0.25, -0.2) is 9.37 Å².